The molecule has 0 radical (unpaired) electrons. The van der Waals surface area contributed by atoms with Gasteiger partial charge in [-0.15, -0.1) is 0 Å². The molecule has 2 aromatic rings. The summed E-state index contributed by atoms with van der Waals surface area (Å²) < 4.78 is 50.3. The average Bonchev–Trinajstić information content (AvgIpc) is 2.54. The van der Waals surface area contributed by atoms with Crippen LogP contribution < -0.4 is 5.32 Å². The van der Waals surface area contributed by atoms with Gasteiger partial charge < -0.3 is 10.4 Å². The smallest absolute Gasteiger partial charge is 0.392 e. The molecule has 8 heteroatoms. The first-order valence-corrected chi connectivity index (χ1v) is 6.92. The third-order valence-corrected chi connectivity index (χ3v) is 2.69. The van der Waals surface area contributed by atoms with Crippen LogP contribution in [-0.2, 0) is 19.3 Å². The van der Waals surface area contributed by atoms with Crippen molar-refractivity contribution in [3.05, 3.63) is 53.2 Å². The summed E-state index contributed by atoms with van der Waals surface area (Å²) in [5, 5.41) is 11.6. The Kier molecular flexibility index (Phi) is 6.89. The standard InChI is InChI=1S/C13H11F4N3O.C2H6/c14-12-9(7-21)2-4-11(20-12)19-6-8-1-3-10(18-5-8)13(15,16)17;1-2/h1-5,21H,6-7H2,(H,19,20);1-2H3. The molecule has 2 rings (SSSR count). The number of nitrogens with zero attached hydrogens (tertiary/aromatic N) is 2. The van der Waals surface area contributed by atoms with Crippen molar-refractivity contribution < 1.29 is 22.7 Å². The molecule has 2 N–H and O–H groups in total. The van der Waals surface area contributed by atoms with Crippen molar-refractivity contribution in [1.29, 1.82) is 0 Å². The molecule has 0 unspecified atom stereocenters. The van der Waals surface area contributed by atoms with Crippen LogP contribution in [0.2, 0.25) is 0 Å². The molecule has 2 heterocycles. The molecule has 0 aliphatic carbocycles. The van der Waals surface area contributed by atoms with Gasteiger partial charge in [0.15, 0.2) is 0 Å². The highest BCUT2D eigenvalue weighted by Gasteiger charge is 2.31. The fourth-order valence-electron chi connectivity index (χ4n) is 1.57. The van der Waals surface area contributed by atoms with Gasteiger partial charge >= 0.3 is 6.18 Å². The molecule has 0 fully saturated rings. The van der Waals surface area contributed by atoms with Crippen LogP contribution in [-0.4, -0.2) is 15.1 Å². The molecule has 0 spiro atoms. The van der Waals surface area contributed by atoms with Crippen LogP contribution in [0.1, 0.15) is 30.7 Å². The van der Waals surface area contributed by atoms with Gasteiger partial charge in [-0.1, -0.05) is 19.9 Å². The van der Waals surface area contributed by atoms with Gasteiger partial charge in [0, 0.05) is 18.3 Å². The number of nitrogens with one attached hydrogen (secondary N) is 1. The van der Waals surface area contributed by atoms with E-state index >= 15 is 0 Å². The number of hydrogen-bond donors (Lipinski definition) is 2. The number of alkyl halides is 3. The van der Waals surface area contributed by atoms with E-state index in [-0.39, 0.29) is 17.9 Å². The first kappa shape index (κ1) is 18.8. The van der Waals surface area contributed by atoms with Gasteiger partial charge in [-0.05, 0) is 23.8 Å². The highest BCUT2D eigenvalue weighted by Crippen LogP contribution is 2.27. The van der Waals surface area contributed by atoms with Crippen LogP contribution in [0.4, 0.5) is 23.4 Å². The van der Waals surface area contributed by atoms with E-state index in [9.17, 15) is 17.6 Å². The maximum atomic E-state index is 13.3. The second-order valence-corrected chi connectivity index (χ2v) is 4.21. The van der Waals surface area contributed by atoms with Crippen LogP contribution in [0.3, 0.4) is 0 Å². The lowest BCUT2D eigenvalue weighted by Crippen LogP contribution is -2.09. The Morgan fingerprint density at radius 2 is 1.83 bits per heavy atom. The molecular formula is C15H17F4N3O. The minimum Gasteiger partial charge on any atom is -0.392 e. The van der Waals surface area contributed by atoms with Crippen LogP contribution in [0.5, 0.6) is 0 Å². The lowest BCUT2D eigenvalue weighted by molar-refractivity contribution is -0.141. The number of aliphatic hydroxyl groups excluding tert-OH is 1. The minimum atomic E-state index is -4.48. The third kappa shape index (κ3) is 5.48. The maximum absolute atomic E-state index is 13.3. The summed E-state index contributed by atoms with van der Waals surface area (Å²) in [6, 6.07) is 4.99. The van der Waals surface area contributed by atoms with E-state index in [2.05, 4.69) is 15.3 Å². The minimum absolute atomic E-state index is 0.0664. The van der Waals surface area contributed by atoms with Crippen molar-refractivity contribution in [3.8, 4) is 0 Å². The fraction of sp³-hybridized carbons (Fsp3) is 0.333. The molecule has 23 heavy (non-hydrogen) atoms. The molecule has 0 aromatic carbocycles. The Bertz CT molecular complexity index is 615. The van der Waals surface area contributed by atoms with Crippen molar-refractivity contribution in [2.45, 2.75) is 33.2 Å². The second kappa shape index (κ2) is 8.42. The van der Waals surface area contributed by atoms with Gasteiger partial charge in [-0.25, -0.2) is 4.98 Å². The molecule has 0 amide bonds. The van der Waals surface area contributed by atoms with Crippen LogP contribution >= 0.6 is 0 Å². The second-order valence-electron chi connectivity index (χ2n) is 4.21. The number of rotatable bonds is 4. The zero-order valence-corrected chi connectivity index (χ0v) is 12.7. The Balaban J connectivity index is 0.00000127. The molecule has 0 bridgehead atoms. The SMILES string of the molecule is CC.OCc1ccc(NCc2ccc(C(F)(F)F)nc2)nc1F. The van der Waals surface area contributed by atoms with E-state index in [1.165, 1.54) is 18.2 Å². The lowest BCUT2D eigenvalue weighted by atomic mass is 10.2. The average molecular weight is 331 g/mol. The highest BCUT2D eigenvalue weighted by molar-refractivity contribution is 5.37. The van der Waals surface area contributed by atoms with E-state index in [1.54, 1.807) is 0 Å². The predicted molar refractivity (Wildman–Crippen MR) is 78.0 cm³/mol. The van der Waals surface area contributed by atoms with Gasteiger partial charge in [0.2, 0.25) is 5.95 Å². The van der Waals surface area contributed by atoms with E-state index in [1.807, 2.05) is 13.8 Å². The van der Waals surface area contributed by atoms with E-state index in [4.69, 9.17) is 5.11 Å². The largest absolute Gasteiger partial charge is 0.433 e. The first-order valence-electron chi connectivity index (χ1n) is 6.92. The van der Waals surface area contributed by atoms with Gasteiger partial charge in [0.1, 0.15) is 11.5 Å². The van der Waals surface area contributed by atoms with Crippen LogP contribution in [0, 0.1) is 5.95 Å². The quantitative estimate of drug-likeness (QED) is 0.661. The molecular weight excluding hydrogens is 314 g/mol. The summed E-state index contributed by atoms with van der Waals surface area (Å²) in [5.41, 5.74) is -0.407. The van der Waals surface area contributed by atoms with Crippen molar-refractivity contribution in [1.82, 2.24) is 9.97 Å². The normalized spacial score (nSPS) is 10.7. The molecule has 0 aliphatic rings. The molecule has 0 saturated carbocycles. The Morgan fingerprint density at radius 1 is 1.13 bits per heavy atom. The summed E-state index contributed by atoms with van der Waals surface area (Å²) in [5.74, 6) is -0.586. The Labute approximate surface area is 131 Å². The molecule has 2 aromatic heterocycles. The zero-order valence-electron chi connectivity index (χ0n) is 12.7. The molecule has 0 saturated heterocycles. The van der Waals surface area contributed by atoms with Gasteiger partial charge in [-0.2, -0.15) is 17.6 Å². The zero-order chi connectivity index (χ0) is 17.5. The number of hydrogen-bond acceptors (Lipinski definition) is 4. The summed E-state index contributed by atoms with van der Waals surface area (Å²) in [6.45, 7) is 3.69. The van der Waals surface area contributed by atoms with E-state index < -0.39 is 24.4 Å². The predicted octanol–water partition coefficient (Wildman–Crippen LogP) is 3.77. The van der Waals surface area contributed by atoms with Gasteiger partial charge in [-0.3, -0.25) is 4.98 Å². The maximum Gasteiger partial charge on any atom is 0.433 e. The number of anilines is 1. The monoisotopic (exact) mass is 331 g/mol. The van der Waals surface area contributed by atoms with Crippen molar-refractivity contribution >= 4 is 5.82 Å². The third-order valence-electron chi connectivity index (χ3n) is 2.69. The fourth-order valence-corrected chi connectivity index (χ4v) is 1.57. The molecule has 0 atom stereocenters. The van der Waals surface area contributed by atoms with Gasteiger partial charge in [0.05, 0.1) is 6.61 Å². The summed E-state index contributed by atoms with van der Waals surface area (Å²) in [7, 11) is 0. The van der Waals surface area contributed by atoms with Gasteiger partial charge in [0.25, 0.3) is 0 Å². The Hall–Kier alpha value is -2.22. The van der Waals surface area contributed by atoms with Crippen molar-refractivity contribution in [3.63, 3.8) is 0 Å². The number of pyridine rings is 2. The summed E-state index contributed by atoms with van der Waals surface area (Å²) >= 11 is 0. The van der Waals surface area contributed by atoms with Crippen LogP contribution in [0.15, 0.2) is 30.5 Å². The first-order chi connectivity index (χ1) is 10.9. The number of aromatic nitrogens is 2. The number of aliphatic hydroxyl groups is 1. The summed E-state index contributed by atoms with van der Waals surface area (Å²) in [4.78, 5) is 6.89. The summed E-state index contributed by atoms with van der Waals surface area (Å²) in [6.07, 6.45) is -3.38. The van der Waals surface area contributed by atoms with Crippen molar-refractivity contribution in [2.24, 2.45) is 0 Å². The lowest BCUT2D eigenvalue weighted by Gasteiger charge is -2.08. The molecule has 4 nitrogen and oxygen atoms in total. The number of halogens is 4. The molecule has 0 aliphatic heterocycles. The van der Waals surface area contributed by atoms with Crippen molar-refractivity contribution in [2.75, 3.05) is 5.32 Å². The van der Waals surface area contributed by atoms with Crippen LogP contribution in [0.25, 0.3) is 0 Å². The Morgan fingerprint density at radius 3 is 2.30 bits per heavy atom. The van der Waals surface area contributed by atoms with E-state index in [0.717, 1.165) is 12.3 Å². The highest BCUT2D eigenvalue weighted by atomic mass is 19.4. The topological polar surface area (TPSA) is 58.0 Å². The van der Waals surface area contributed by atoms with E-state index in [0.29, 0.717) is 5.56 Å². The molecule has 126 valence electrons.